The third-order valence-corrected chi connectivity index (χ3v) is 6.49. The number of nitrogens with zero attached hydrogens (tertiary/aromatic N) is 3. The minimum atomic E-state index is -0.00476. The number of hydrogen-bond acceptors (Lipinski definition) is 5. The SMILES string of the molecule is CN1CCN(CCCNC(=O)c2ccc3c(c2)N=C2C=CC4CNCC4=C23)CC1. The lowest BCUT2D eigenvalue weighted by Gasteiger charge is -2.32. The summed E-state index contributed by atoms with van der Waals surface area (Å²) >= 11 is 0. The molecule has 2 N–H and O–H groups in total. The molecule has 1 amide bonds. The second-order valence-corrected chi connectivity index (χ2v) is 8.48. The Kier molecular flexibility index (Phi) is 5.08. The highest BCUT2D eigenvalue weighted by Crippen LogP contribution is 2.42. The Hall–Kier alpha value is -2.28. The maximum absolute atomic E-state index is 12.6. The van der Waals surface area contributed by atoms with Crippen molar-refractivity contribution in [2.45, 2.75) is 6.42 Å². The van der Waals surface area contributed by atoms with Crippen LogP contribution in [-0.2, 0) is 0 Å². The summed E-state index contributed by atoms with van der Waals surface area (Å²) in [6.45, 7) is 8.20. The van der Waals surface area contributed by atoms with Crippen molar-refractivity contribution in [3.8, 4) is 0 Å². The van der Waals surface area contributed by atoms with E-state index in [0.717, 1.165) is 63.6 Å². The Morgan fingerprint density at radius 1 is 1.28 bits per heavy atom. The summed E-state index contributed by atoms with van der Waals surface area (Å²) in [7, 11) is 2.17. The highest BCUT2D eigenvalue weighted by Gasteiger charge is 2.31. The molecule has 2 saturated heterocycles. The summed E-state index contributed by atoms with van der Waals surface area (Å²) in [6, 6.07) is 5.95. The molecule has 1 aromatic carbocycles. The zero-order valence-corrected chi connectivity index (χ0v) is 17.1. The fraction of sp³-hybridized carbons (Fsp3) is 0.478. The fourth-order valence-electron chi connectivity index (χ4n) is 4.72. The number of hydrogen-bond donors (Lipinski definition) is 2. The monoisotopic (exact) mass is 391 g/mol. The van der Waals surface area contributed by atoms with Crippen LogP contribution in [0, 0.1) is 5.92 Å². The van der Waals surface area contributed by atoms with Crippen LogP contribution in [0.3, 0.4) is 0 Å². The van der Waals surface area contributed by atoms with E-state index in [1.165, 1.54) is 16.7 Å². The van der Waals surface area contributed by atoms with E-state index in [9.17, 15) is 4.79 Å². The number of fused-ring (bicyclic) bond motifs is 4. The second-order valence-electron chi connectivity index (χ2n) is 8.48. The lowest BCUT2D eigenvalue weighted by atomic mass is 9.86. The molecule has 3 aliphatic heterocycles. The normalized spacial score (nSPS) is 23.6. The van der Waals surface area contributed by atoms with Crippen LogP contribution in [0.15, 0.2) is 40.9 Å². The van der Waals surface area contributed by atoms with Crippen LogP contribution in [0.1, 0.15) is 22.3 Å². The third kappa shape index (κ3) is 3.68. The number of benzene rings is 1. The molecule has 0 saturated carbocycles. The quantitative estimate of drug-likeness (QED) is 0.750. The van der Waals surface area contributed by atoms with Crippen molar-refractivity contribution < 1.29 is 4.79 Å². The number of aliphatic imine (C=N–C) groups is 1. The summed E-state index contributed by atoms with van der Waals surface area (Å²) in [6.07, 6.45) is 5.37. The van der Waals surface area contributed by atoms with Gasteiger partial charge in [0.1, 0.15) is 0 Å². The first kappa shape index (κ1) is 18.7. The van der Waals surface area contributed by atoms with Crippen molar-refractivity contribution in [1.82, 2.24) is 20.4 Å². The van der Waals surface area contributed by atoms with Crippen LogP contribution >= 0.6 is 0 Å². The van der Waals surface area contributed by atoms with Gasteiger partial charge in [-0.2, -0.15) is 0 Å². The Balaban J connectivity index is 1.20. The Bertz CT molecular complexity index is 908. The summed E-state index contributed by atoms with van der Waals surface area (Å²) < 4.78 is 0. The Morgan fingerprint density at radius 2 is 2.14 bits per heavy atom. The highest BCUT2D eigenvalue weighted by molar-refractivity contribution is 6.35. The van der Waals surface area contributed by atoms with E-state index in [2.05, 4.69) is 45.7 Å². The lowest BCUT2D eigenvalue weighted by Crippen LogP contribution is -2.45. The molecule has 0 bridgehead atoms. The summed E-state index contributed by atoms with van der Waals surface area (Å²) in [5, 5.41) is 6.54. The van der Waals surface area contributed by atoms with Gasteiger partial charge < -0.3 is 20.4 Å². The molecule has 1 aliphatic carbocycles. The molecule has 1 atom stereocenters. The fourth-order valence-corrected chi connectivity index (χ4v) is 4.72. The van der Waals surface area contributed by atoms with Crippen molar-refractivity contribution in [3.63, 3.8) is 0 Å². The average molecular weight is 392 g/mol. The first-order chi connectivity index (χ1) is 14.2. The molecule has 1 aromatic rings. The van der Waals surface area contributed by atoms with Crippen LogP contribution < -0.4 is 10.6 Å². The van der Waals surface area contributed by atoms with Gasteiger partial charge in [-0.05, 0) is 43.8 Å². The van der Waals surface area contributed by atoms with Crippen molar-refractivity contribution in [2.24, 2.45) is 10.9 Å². The van der Waals surface area contributed by atoms with Crippen LogP contribution in [0.25, 0.3) is 5.57 Å². The number of likely N-dealkylation sites (N-methyl/N-ethyl adjacent to an activating group) is 1. The second kappa shape index (κ2) is 7.86. The van der Waals surface area contributed by atoms with Crippen LogP contribution in [0.5, 0.6) is 0 Å². The molecule has 2 fully saturated rings. The summed E-state index contributed by atoms with van der Waals surface area (Å²) in [5.74, 6) is 0.480. The number of rotatable bonds is 5. The smallest absolute Gasteiger partial charge is 0.251 e. The van der Waals surface area contributed by atoms with Gasteiger partial charge in [0.05, 0.1) is 11.4 Å². The average Bonchev–Trinajstić information content (AvgIpc) is 3.35. The number of amides is 1. The molecule has 5 rings (SSSR count). The maximum atomic E-state index is 12.6. The number of piperazine rings is 1. The predicted molar refractivity (Wildman–Crippen MR) is 117 cm³/mol. The minimum absolute atomic E-state index is 0.00476. The van der Waals surface area contributed by atoms with Gasteiger partial charge in [0.2, 0.25) is 0 Å². The van der Waals surface area contributed by atoms with E-state index in [4.69, 9.17) is 4.99 Å². The lowest BCUT2D eigenvalue weighted by molar-refractivity contribution is 0.0949. The third-order valence-electron chi connectivity index (χ3n) is 6.49. The first-order valence-corrected chi connectivity index (χ1v) is 10.7. The molecule has 1 unspecified atom stereocenters. The van der Waals surface area contributed by atoms with E-state index in [0.29, 0.717) is 18.0 Å². The van der Waals surface area contributed by atoms with E-state index in [-0.39, 0.29) is 5.91 Å². The van der Waals surface area contributed by atoms with Crippen molar-refractivity contribution in [1.29, 1.82) is 0 Å². The van der Waals surface area contributed by atoms with Gasteiger partial charge >= 0.3 is 0 Å². The van der Waals surface area contributed by atoms with Gasteiger partial charge in [0.15, 0.2) is 0 Å². The molecule has 4 aliphatic rings. The zero-order valence-electron chi connectivity index (χ0n) is 17.1. The minimum Gasteiger partial charge on any atom is -0.352 e. The maximum Gasteiger partial charge on any atom is 0.251 e. The molecule has 6 heteroatoms. The molecule has 6 nitrogen and oxygen atoms in total. The Morgan fingerprint density at radius 3 is 3.00 bits per heavy atom. The number of allylic oxidation sites excluding steroid dienone is 2. The number of carbonyl (C=O) groups is 1. The van der Waals surface area contributed by atoms with Gasteiger partial charge in [-0.25, -0.2) is 4.99 Å². The molecule has 0 aromatic heterocycles. The predicted octanol–water partition coefficient (Wildman–Crippen LogP) is 1.68. The van der Waals surface area contributed by atoms with Gasteiger partial charge in [-0.1, -0.05) is 12.1 Å². The Labute approximate surface area is 172 Å². The molecule has 0 radical (unpaired) electrons. The molecule has 3 heterocycles. The van der Waals surface area contributed by atoms with Crippen molar-refractivity contribution >= 4 is 22.9 Å². The topological polar surface area (TPSA) is 60.0 Å². The van der Waals surface area contributed by atoms with E-state index >= 15 is 0 Å². The number of nitrogens with one attached hydrogen (secondary N) is 2. The van der Waals surface area contributed by atoms with Crippen molar-refractivity contribution in [2.75, 3.05) is 59.4 Å². The highest BCUT2D eigenvalue weighted by atomic mass is 16.1. The van der Waals surface area contributed by atoms with E-state index in [1.807, 2.05) is 12.1 Å². The first-order valence-electron chi connectivity index (χ1n) is 10.7. The summed E-state index contributed by atoms with van der Waals surface area (Å²) in [4.78, 5) is 22.3. The molecule has 0 spiro atoms. The molecular formula is C23H29N5O. The standard InChI is InChI=1S/C23H29N5O/c1-27-9-11-28(12-10-27)8-2-7-25-23(29)16-3-5-18-21(13-16)26-20-6-4-17-14-24-15-19(17)22(18)20/h3-6,13,17,24H,2,7-12,14-15H2,1H3,(H,25,29). The van der Waals surface area contributed by atoms with Crippen molar-refractivity contribution in [3.05, 3.63) is 47.1 Å². The van der Waals surface area contributed by atoms with Crippen LogP contribution in [0.4, 0.5) is 5.69 Å². The van der Waals surface area contributed by atoms with Gasteiger partial charge in [0, 0.05) is 68.4 Å². The zero-order chi connectivity index (χ0) is 19.8. The van der Waals surface area contributed by atoms with E-state index in [1.54, 1.807) is 0 Å². The largest absolute Gasteiger partial charge is 0.352 e. The van der Waals surface area contributed by atoms with Gasteiger partial charge in [-0.15, -0.1) is 0 Å². The molecule has 152 valence electrons. The summed E-state index contributed by atoms with van der Waals surface area (Å²) in [5.41, 5.74) is 6.54. The van der Waals surface area contributed by atoms with Crippen LogP contribution in [-0.4, -0.2) is 80.8 Å². The van der Waals surface area contributed by atoms with Gasteiger partial charge in [0.25, 0.3) is 5.91 Å². The molecular weight excluding hydrogens is 362 g/mol. The van der Waals surface area contributed by atoms with E-state index < -0.39 is 0 Å². The molecule has 29 heavy (non-hydrogen) atoms. The van der Waals surface area contributed by atoms with Gasteiger partial charge in [-0.3, -0.25) is 4.79 Å². The van der Waals surface area contributed by atoms with Crippen LogP contribution in [0.2, 0.25) is 0 Å². The number of carbonyl (C=O) groups excluding carboxylic acids is 1.